The number of carbonyl (C=O) groups is 2. The van der Waals surface area contributed by atoms with E-state index in [1.54, 1.807) is 0 Å². The maximum Gasteiger partial charge on any atom is 0.334 e. The van der Waals surface area contributed by atoms with Gasteiger partial charge in [0.2, 0.25) is 0 Å². The van der Waals surface area contributed by atoms with Gasteiger partial charge in [0.15, 0.2) is 0 Å². The lowest BCUT2D eigenvalue weighted by molar-refractivity contribution is -0.143. The summed E-state index contributed by atoms with van der Waals surface area (Å²) in [5.41, 5.74) is 1.16. The number of esters is 2. The largest absolute Gasteiger partial charge is 0.462 e. The Balaban J connectivity index is 2.98. The molecule has 0 aliphatic heterocycles. The molecule has 1 rings (SSSR count). The summed E-state index contributed by atoms with van der Waals surface area (Å²) >= 11 is 0. The van der Waals surface area contributed by atoms with E-state index in [1.807, 2.05) is 6.92 Å². The number of ether oxygens (including phenoxy) is 2. The monoisotopic (exact) mass is 338 g/mol. The molecule has 1 aliphatic carbocycles. The van der Waals surface area contributed by atoms with Crippen LogP contribution in [0.3, 0.4) is 0 Å². The molecule has 0 saturated heterocycles. The van der Waals surface area contributed by atoms with E-state index in [0.29, 0.717) is 30.8 Å². The van der Waals surface area contributed by atoms with Gasteiger partial charge in [0.05, 0.1) is 18.8 Å². The molecule has 24 heavy (non-hydrogen) atoms. The van der Waals surface area contributed by atoms with Gasteiger partial charge in [0.25, 0.3) is 0 Å². The van der Waals surface area contributed by atoms with Gasteiger partial charge < -0.3 is 9.47 Å². The third-order valence-electron chi connectivity index (χ3n) is 4.52. The highest BCUT2D eigenvalue weighted by molar-refractivity contribution is 6.00. The summed E-state index contributed by atoms with van der Waals surface area (Å²) in [4.78, 5) is 25.2. The standard InChI is InChI=1S/C20H34O4/c1-4-7-14-23-19(21)17(11-6-3)18(16-12-9-10-13-16)20(22)24-15-8-5-2/h16H,4-15H2,1-3H3/b18-17-. The molecule has 0 unspecified atom stereocenters. The zero-order valence-corrected chi connectivity index (χ0v) is 15.7. The molecule has 0 heterocycles. The van der Waals surface area contributed by atoms with Crippen molar-refractivity contribution in [2.24, 2.45) is 5.92 Å². The van der Waals surface area contributed by atoms with Gasteiger partial charge >= 0.3 is 11.9 Å². The lowest BCUT2D eigenvalue weighted by atomic mass is 9.90. The molecule has 1 aliphatic rings. The molecular weight excluding hydrogens is 304 g/mol. The molecule has 0 bridgehead atoms. The predicted molar refractivity (Wildman–Crippen MR) is 95.6 cm³/mol. The van der Waals surface area contributed by atoms with Crippen LogP contribution < -0.4 is 0 Å². The lowest BCUT2D eigenvalue weighted by Crippen LogP contribution is -2.22. The van der Waals surface area contributed by atoms with Crippen LogP contribution in [-0.4, -0.2) is 25.2 Å². The summed E-state index contributed by atoms with van der Waals surface area (Å²) in [5, 5.41) is 0. The number of unbranched alkanes of at least 4 members (excludes halogenated alkanes) is 2. The highest BCUT2D eigenvalue weighted by Crippen LogP contribution is 2.35. The fourth-order valence-corrected chi connectivity index (χ4v) is 3.13. The zero-order valence-electron chi connectivity index (χ0n) is 15.7. The Hall–Kier alpha value is -1.32. The van der Waals surface area contributed by atoms with Crippen molar-refractivity contribution in [2.45, 2.75) is 85.0 Å². The summed E-state index contributed by atoms with van der Waals surface area (Å²) in [7, 11) is 0. The van der Waals surface area contributed by atoms with Gasteiger partial charge in [-0.25, -0.2) is 9.59 Å². The first-order chi connectivity index (χ1) is 11.7. The third kappa shape index (κ3) is 6.66. The van der Waals surface area contributed by atoms with Crippen LogP contribution in [0, 0.1) is 5.92 Å². The number of carbonyl (C=O) groups excluding carboxylic acids is 2. The van der Waals surface area contributed by atoms with Gasteiger partial charge in [0.1, 0.15) is 0 Å². The summed E-state index contributed by atoms with van der Waals surface area (Å²) in [6, 6.07) is 0. The van der Waals surface area contributed by atoms with Crippen LogP contribution in [0.5, 0.6) is 0 Å². The second-order valence-corrected chi connectivity index (χ2v) is 6.60. The maximum atomic E-state index is 12.7. The second kappa shape index (κ2) is 12.1. The van der Waals surface area contributed by atoms with Crippen molar-refractivity contribution in [3.8, 4) is 0 Å². The minimum absolute atomic E-state index is 0.152. The fourth-order valence-electron chi connectivity index (χ4n) is 3.13. The molecule has 1 fully saturated rings. The number of hydrogen-bond donors (Lipinski definition) is 0. The van der Waals surface area contributed by atoms with Crippen molar-refractivity contribution in [3.63, 3.8) is 0 Å². The van der Waals surface area contributed by atoms with Gasteiger partial charge in [-0.15, -0.1) is 0 Å². The van der Waals surface area contributed by atoms with Crippen molar-refractivity contribution in [3.05, 3.63) is 11.1 Å². The van der Waals surface area contributed by atoms with Crippen LogP contribution >= 0.6 is 0 Å². The minimum Gasteiger partial charge on any atom is -0.462 e. The van der Waals surface area contributed by atoms with E-state index in [9.17, 15) is 9.59 Å². The van der Waals surface area contributed by atoms with Crippen LogP contribution in [-0.2, 0) is 19.1 Å². The van der Waals surface area contributed by atoms with E-state index in [2.05, 4.69) is 13.8 Å². The van der Waals surface area contributed by atoms with E-state index in [0.717, 1.165) is 57.8 Å². The minimum atomic E-state index is -0.320. The Morgan fingerprint density at radius 1 is 0.833 bits per heavy atom. The van der Waals surface area contributed by atoms with Gasteiger partial charge in [-0.3, -0.25) is 0 Å². The smallest absolute Gasteiger partial charge is 0.334 e. The summed E-state index contributed by atoms with van der Waals surface area (Å²) in [6.07, 6.45) is 9.23. The average Bonchev–Trinajstić information content (AvgIpc) is 3.09. The Kier molecular flexibility index (Phi) is 10.4. The van der Waals surface area contributed by atoms with E-state index in [4.69, 9.17) is 9.47 Å². The summed E-state index contributed by atoms with van der Waals surface area (Å²) in [5.74, 6) is -0.467. The maximum absolute atomic E-state index is 12.7. The average molecular weight is 338 g/mol. The first-order valence-corrected chi connectivity index (χ1v) is 9.72. The highest BCUT2D eigenvalue weighted by Gasteiger charge is 2.31. The molecule has 138 valence electrons. The number of hydrogen-bond acceptors (Lipinski definition) is 4. The van der Waals surface area contributed by atoms with Crippen molar-refractivity contribution in [2.75, 3.05) is 13.2 Å². The number of rotatable bonds is 11. The summed E-state index contributed by atoms with van der Waals surface area (Å²) < 4.78 is 10.9. The van der Waals surface area contributed by atoms with Crippen LogP contribution in [0.1, 0.15) is 85.0 Å². The molecule has 0 amide bonds. The lowest BCUT2D eigenvalue weighted by Gasteiger charge is -2.19. The summed E-state index contributed by atoms with van der Waals surface area (Å²) in [6.45, 7) is 7.00. The molecule has 1 saturated carbocycles. The van der Waals surface area contributed by atoms with E-state index in [-0.39, 0.29) is 17.9 Å². The molecule has 4 heteroatoms. The molecule has 0 spiro atoms. The van der Waals surface area contributed by atoms with Crippen molar-refractivity contribution in [1.29, 1.82) is 0 Å². The zero-order chi connectivity index (χ0) is 17.8. The van der Waals surface area contributed by atoms with E-state index in [1.165, 1.54) is 0 Å². The normalized spacial score (nSPS) is 16.0. The third-order valence-corrected chi connectivity index (χ3v) is 4.52. The topological polar surface area (TPSA) is 52.6 Å². The van der Waals surface area contributed by atoms with Gasteiger partial charge in [-0.05, 0) is 38.0 Å². The molecule has 0 radical (unpaired) electrons. The Labute approximate surface area is 147 Å². The quantitative estimate of drug-likeness (QED) is 0.303. The molecule has 0 atom stereocenters. The van der Waals surface area contributed by atoms with Gasteiger partial charge in [-0.1, -0.05) is 52.9 Å². The van der Waals surface area contributed by atoms with Crippen LogP contribution in [0.2, 0.25) is 0 Å². The molecule has 0 aromatic carbocycles. The molecule has 0 aromatic rings. The highest BCUT2D eigenvalue weighted by atomic mass is 16.5. The molecule has 0 N–H and O–H groups in total. The molecular formula is C20H34O4. The fraction of sp³-hybridized carbons (Fsp3) is 0.800. The van der Waals surface area contributed by atoms with Gasteiger partial charge in [0, 0.05) is 5.57 Å². The Bertz CT molecular complexity index is 419. The van der Waals surface area contributed by atoms with E-state index < -0.39 is 0 Å². The van der Waals surface area contributed by atoms with Crippen molar-refractivity contribution >= 4 is 11.9 Å². The first-order valence-electron chi connectivity index (χ1n) is 9.72. The van der Waals surface area contributed by atoms with Crippen LogP contribution in [0.25, 0.3) is 0 Å². The first kappa shape index (κ1) is 20.7. The second-order valence-electron chi connectivity index (χ2n) is 6.60. The van der Waals surface area contributed by atoms with Gasteiger partial charge in [-0.2, -0.15) is 0 Å². The van der Waals surface area contributed by atoms with Crippen LogP contribution in [0.4, 0.5) is 0 Å². The van der Waals surface area contributed by atoms with Crippen molar-refractivity contribution in [1.82, 2.24) is 0 Å². The molecule has 0 aromatic heterocycles. The van der Waals surface area contributed by atoms with E-state index >= 15 is 0 Å². The Morgan fingerprint density at radius 2 is 1.38 bits per heavy atom. The predicted octanol–water partition coefficient (Wildman–Crippen LogP) is 4.96. The van der Waals surface area contributed by atoms with Crippen molar-refractivity contribution < 1.29 is 19.1 Å². The molecule has 4 nitrogen and oxygen atoms in total. The SMILES string of the molecule is CCCCOC(=O)/C(CCC)=C(\C(=O)OCCCC)C1CCCC1. The Morgan fingerprint density at radius 3 is 1.88 bits per heavy atom. The van der Waals surface area contributed by atoms with Crippen LogP contribution in [0.15, 0.2) is 11.1 Å².